The van der Waals surface area contributed by atoms with Crippen molar-refractivity contribution in [3.8, 4) is 0 Å². The van der Waals surface area contributed by atoms with Crippen molar-refractivity contribution in [1.82, 2.24) is 4.90 Å². The van der Waals surface area contributed by atoms with E-state index in [4.69, 9.17) is 0 Å². The van der Waals surface area contributed by atoms with Crippen LogP contribution in [0.5, 0.6) is 0 Å². The summed E-state index contributed by atoms with van der Waals surface area (Å²) in [7, 11) is 1.80. The number of nitrogens with zero attached hydrogens (tertiary/aromatic N) is 2. The molecule has 136 valence electrons. The second-order valence-corrected chi connectivity index (χ2v) is 7.34. The van der Waals surface area contributed by atoms with Gasteiger partial charge in [0.15, 0.2) is 0 Å². The highest BCUT2D eigenvalue weighted by atomic mass is 79.9. The van der Waals surface area contributed by atoms with Gasteiger partial charge in [0.25, 0.3) is 0 Å². The first-order valence-electron chi connectivity index (χ1n) is 8.61. The lowest BCUT2D eigenvalue weighted by molar-refractivity contribution is -0.124. The number of hydrogen-bond acceptors (Lipinski definition) is 3. The highest BCUT2D eigenvalue weighted by Crippen LogP contribution is 2.28. The van der Waals surface area contributed by atoms with E-state index in [9.17, 15) is 9.59 Å². The number of amides is 2. The number of para-hydroxylation sites is 2. The molecule has 1 aliphatic rings. The molecule has 0 saturated carbocycles. The van der Waals surface area contributed by atoms with E-state index in [2.05, 4.69) is 27.3 Å². The van der Waals surface area contributed by atoms with Gasteiger partial charge in [-0.1, -0.05) is 30.3 Å². The summed E-state index contributed by atoms with van der Waals surface area (Å²) in [5, 5.41) is 2.87. The lowest BCUT2D eigenvalue weighted by Crippen LogP contribution is -2.47. The fraction of sp³-hybridized carbons (Fsp3) is 0.300. The summed E-state index contributed by atoms with van der Waals surface area (Å²) in [5.74, 6) is -0.132. The van der Waals surface area contributed by atoms with Crippen LogP contribution in [0.3, 0.4) is 0 Å². The van der Waals surface area contributed by atoms with Gasteiger partial charge in [-0.3, -0.25) is 14.5 Å². The van der Waals surface area contributed by atoms with Gasteiger partial charge in [-0.2, -0.15) is 0 Å². The molecule has 3 rings (SSSR count). The van der Waals surface area contributed by atoms with Crippen molar-refractivity contribution in [3.05, 3.63) is 58.6 Å². The molecule has 0 fully saturated rings. The fourth-order valence-electron chi connectivity index (χ4n) is 3.10. The maximum atomic E-state index is 12.9. The van der Waals surface area contributed by atoms with E-state index in [1.165, 1.54) is 5.56 Å². The van der Waals surface area contributed by atoms with Crippen LogP contribution in [0.25, 0.3) is 0 Å². The van der Waals surface area contributed by atoms with Crippen LogP contribution < -0.4 is 10.2 Å². The van der Waals surface area contributed by atoms with E-state index < -0.39 is 0 Å². The highest BCUT2D eigenvalue weighted by Gasteiger charge is 2.30. The largest absolute Gasteiger partial charge is 0.324 e. The maximum absolute atomic E-state index is 12.9. The maximum Gasteiger partial charge on any atom is 0.244 e. The number of fused-ring (bicyclic) bond motifs is 1. The second kappa shape index (κ2) is 8.01. The first kappa shape index (κ1) is 18.6. The van der Waals surface area contributed by atoms with Gasteiger partial charge >= 0.3 is 0 Å². The SMILES string of the molecule is C[C@H](C(=O)N1CCc2ccccc21)N(C)CC(=O)Nc1ccccc1Br. The van der Waals surface area contributed by atoms with Crippen LogP contribution in [0.1, 0.15) is 12.5 Å². The zero-order chi connectivity index (χ0) is 18.7. The van der Waals surface area contributed by atoms with E-state index >= 15 is 0 Å². The number of hydrogen-bond donors (Lipinski definition) is 1. The third kappa shape index (κ3) is 3.97. The third-order valence-corrected chi connectivity index (χ3v) is 5.40. The quantitative estimate of drug-likeness (QED) is 0.814. The molecule has 1 aliphatic heterocycles. The van der Waals surface area contributed by atoms with Gasteiger partial charge in [0.1, 0.15) is 0 Å². The van der Waals surface area contributed by atoms with Crippen molar-refractivity contribution in [2.45, 2.75) is 19.4 Å². The molecule has 0 aromatic heterocycles. The Labute approximate surface area is 162 Å². The Morgan fingerprint density at radius 1 is 1.19 bits per heavy atom. The molecule has 0 aliphatic carbocycles. The van der Waals surface area contributed by atoms with Gasteiger partial charge in [0.2, 0.25) is 11.8 Å². The molecule has 0 bridgehead atoms. The molecule has 1 heterocycles. The predicted molar refractivity (Wildman–Crippen MR) is 107 cm³/mol. The summed E-state index contributed by atoms with van der Waals surface area (Å²) in [5.41, 5.74) is 2.90. The zero-order valence-electron chi connectivity index (χ0n) is 14.9. The Balaban J connectivity index is 1.61. The Morgan fingerprint density at radius 2 is 1.88 bits per heavy atom. The molecular weight excluding hydrogens is 394 g/mol. The molecule has 2 amide bonds. The third-order valence-electron chi connectivity index (χ3n) is 4.71. The fourth-order valence-corrected chi connectivity index (χ4v) is 3.48. The Kier molecular flexibility index (Phi) is 5.74. The topological polar surface area (TPSA) is 52.7 Å². The molecular formula is C20H22BrN3O2. The average Bonchev–Trinajstić information content (AvgIpc) is 3.06. The van der Waals surface area contributed by atoms with Crippen molar-refractivity contribution in [3.63, 3.8) is 0 Å². The van der Waals surface area contributed by atoms with Crippen molar-refractivity contribution >= 4 is 39.1 Å². The minimum absolute atomic E-state index is 0.0196. The molecule has 1 N–H and O–H groups in total. The number of likely N-dealkylation sites (N-methyl/N-ethyl adjacent to an activating group) is 1. The zero-order valence-corrected chi connectivity index (χ0v) is 16.5. The van der Waals surface area contributed by atoms with Crippen LogP contribution in [-0.4, -0.2) is 42.9 Å². The molecule has 6 heteroatoms. The van der Waals surface area contributed by atoms with Crippen LogP contribution in [0, 0.1) is 0 Å². The average molecular weight is 416 g/mol. The van der Waals surface area contributed by atoms with Crippen LogP contribution in [0.2, 0.25) is 0 Å². The monoisotopic (exact) mass is 415 g/mol. The number of rotatable bonds is 5. The van der Waals surface area contributed by atoms with Crippen molar-refractivity contribution in [2.24, 2.45) is 0 Å². The number of carbonyl (C=O) groups excluding carboxylic acids is 2. The van der Waals surface area contributed by atoms with E-state index in [1.54, 1.807) is 11.9 Å². The normalized spacial score (nSPS) is 14.2. The molecule has 0 spiro atoms. The van der Waals surface area contributed by atoms with E-state index in [0.717, 1.165) is 22.3 Å². The Bertz CT molecular complexity index is 824. The van der Waals surface area contributed by atoms with Gasteiger partial charge in [0, 0.05) is 16.7 Å². The summed E-state index contributed by atoms with van der Waals surface area (Å²) >= 11 is 3.41. The number of anilines is 2. The summed E-state index contributed by atoms with van der Waals surface area (Å²) < 4.78 is 0.828. The van der Waals surface area contributed by atoms with Gasteiger partial charge < -0.3 is 10.2 Å². The summed E-state index contributed by atoms with van der Waals surface area (Å²) in [6, 6.07) is 15.1. The second-order valence-electron chi connectivity index (χ2n) is 6.49. The van der Waals surface area contributed by atoms with Crippen LogP contribution in [0.15, 0.2) is 53.0 Å². The van der Waals surface area contributed by atoms with E-state index in [0.29, 0.717) is 6.54 Å². The predicted octanol–water partition coefficient (Wildman–Crippen LogP) is 3.30. The number of nitrogens with one attached hydrogen (secondary N) is 1. The first-order chi connectivity index (χ1) is 12.5. The number of benzene rings is 2. The van der Waals surface area contributed by atoms with Crippen molar-refractivity contribution in [1.29, 1.82) is 0 Å². The lowest BCUT2D eigenvalue weighted by atomic mass is 10.2. The van der Waals surface area contributed by atoms with Gasteiger partial charge in [-0.15, -0.1) is 0 Å². The van der Waals surface area contributed by atoms with Crippen molar-refractivity contribution in [2.75, 3.05) is 30.4 Å². The van der Waals surface area contributed by atoms with Crippen LogP contribution in [0.4, 0.5) is 11.4 Å². The minimum Gasteiger partial charge on any atom is -0.324 e. The number of halogens is 1. The Hall–Kier alpha value is -2.18. The molecule has 0 radical (unpaired) electrons. The smallest absolute Gasteiger partial charge is 0.244 e. The van der Waals surface area contributed by atoms with E-state index in [1.807, 2.05) is 54.3 Å². The lowest BCUT2D eigenvalue weighted by Gasteiger charge is -2.28. The van der Waals surface area contributed by atoms with Crippen LogP contribution in [-0.2, 0) is 16.0 Å². The molecule has 0 saturated heterocycles. The van der Waals surface area contributed by atoms with Crippen LogP contribution >= 0.6 is 15.9 Å². The molecule has 1 atom stereocenters. The molecule has 26 heavy (non-hydrogen) atoms. The minimum atomic E-state index is -0.383. The standard InChI is InChI=1S/C20H22BrN3O2/c1-14(20(26)24-12-11-15-7-3-6-10-18(15)24)23(2)13-19(25)22-17-9-5-4-8-16(17)21/h3-10,14H,11-13H2,1-2H3,(H,22,25)/t14-/m1/s1. The Morgan fingerprint density at radius 3 is 2.65 bits per heavy atom. The molecule has 0 unspecified atom stereocenters. The van der Waals surface area contributed by atoms with Gasteiger partial charge in [-0.25, -0.2) is 0 Å². The molecule has 2 aromatic rings. The highest BCUT2D eigenvalue weighted by molar-refractivity contribution is 9.10. The molecule has 2 aromatic carbocycles. The molecule has 5 nitrogen and oxygen atoms in total. The van der Waals surface area contributed by atoms with Gasteiger partial charge in [0.05, 0.1) is 18.3 Å². The first-order valence-corrected chi connectivity index (χ1v) is 9.40. The number of carbonyl (C=O) groups is 2. The van der Waals surface area contributed by atoms with E-state index in [-0.39, 0.29) is 24.4 Å². The van der Waals surface area contributed by atoms with Crippen molar-refractivity contribution < 1.29 is 9.59 Å². The summed E-state index contributed by atoms with van der Waals surface area (Å²) in [6.07, 6.45) is 0.876. The van der Waals surface area contributed by atoms with Gasteiger partial charge in [-0.05, 0) is 60.1 Å². The summed E-state index contributed by atoms with van der Waals surface area (Å²) in [4.78, 5) is 28.8. The summed E-state index contributed by atoms with van der Waals surface area (Å²) in [6.45, 7) is 2.68.